The molecule has 0 spiro atoms. The molecule has 0 aliphatic carbocycles. The van der Waals surface area contributed by atoms with Crippen molar-refractivity contribution in [2.24, 2.45) is 0 Å². The molecule has 2 aromatic carbocycles. The minimum absolute atomic E-state index is 0.0759. The maximum absolute atomic E-state index is 12.8. The van der Waals surface area contributed by atoms with Crippen molar-refractivity contribution in [3.63, 3.8) is 0 Å². The molecule has 1 fully saturated rings. The quantitative estimate of drug-likeness (QED) is 0.459. The van der Waals surface area contributed by atoms with Gasteiger partial charge in [0.1, 0.15) is 0 Å². The summed E-state index contributed by atoms with van der Waals surface area (Å²) in [5.74, 6) is -0.500. The van der Waals surface area contributed by atoms with Gasteiger partial charge in [0.25, 0.3) is 5.91 Å². The maximum atomic E-state index is 12.8. The van der Waals surface area contributed by atoms with Crippen molar-refractivity contribution in [2.75, 3.05) is 30.3 Å². The van der Waals surface area contributed by atoms with E-state index in [4.69, 9.17) is 4.74 Å². The van der Waals surface area contributed by atoms with Crippen molar-refractivity contribution < 1.29 is 19.1 Å². The second kappa shape index (κ2) is 11.0. The molecular weight excluding hydrogens is 412 g/mol. The molecule has 3 rings (SSSR count). The Morgan fingerprint density at radius 2 is 1.65 bits per heavy atom. The molecule has 0 N–H and O–H groups in total. The lowest BCUT2D eigenvalue weighted by Gasteiger charge is -2.26. The van der Waals surface area contributed by atoms with Gasteiger partial charge in [-0.1, -0.05) is 30.3 Å². The maximum Gasteiger partial charge on any atom is 0.339 e. The number of hydrogen-bond donors (Lipinski definition) is 0. The first-order valence-corrected chi connectivity index (χ1v) is 11.5. The number of carbonyl (C=O) groups excluding carboxylic acids is 3. The Balaban J connectivity index is 1.61. The average molecular weight is 441 g/mol. The Kier molecular flexibility index (Phi) is 8.12. The van der Waals surface area contributed by atoms with E-state index in [2.05, 4.69) is 0 Å². The number of para-hydroxylation sites is 1. The predicted octanol–water partition coefficient (Wildman–Crippen LogP) is 4.00. The largest absolute Gasteiger partial charge is 0.452 e. The van der Waals surface area contributed by atoms with E-state index in [9.17, 15) is 14.4 Å². The number of ether oxygens (including phenoxy) is 1. The van der Waals surface area contributed by atoms with E-state index in [0.717, 1.165) is 31.6 Å². The normalized spacial score (nSPS) is 13.3. The summed E-state index contributed by atoms with van der Waals surface area (Å²) in [6.45, 7) is 5.08. The van der Waals surface area contributed by atoms with Crippen LogP contribution in [0.1, 0.15) is 37.0 Å². The number of nitrogens with zero attached hydrogens (tertiary/aromatic N) is 2. The molecule has 0 unspecified atom stereocenters. The molecule has 2 aromatic rings. The van der Waals surface area contributed by atoms with Crippen molar-refractivity contribution >= 4 is 35.2 Å². The molecule has 6 nitrogen and oxygen atoms in total. The number of rotatable bonds is 8. The van der Waals surface area contributed by atoms with Crippen molar-refractivity contribution in [3.05, 3.63) is 60.2 Å². The highest BCUT2D eigenvalue weighted by Crippen LogP contribution is 2.25. The van der Waals surface area contributed by atoms with Crippen LogP contribution in [-0.2, 0) is 14.3 Å². The number of likely N-dealkylation sites (tertiary alicyclic amines) is 1. The molecule has 0 atom stereocenters. The van der Waals surface area contributed by atoms with Crippen LogP contribution in [0.15, 0.2) is 59.5 Å². The van der Waals surface area contributed by atoms with Gasteiger partial charge in [0.2, 0.25) is 5.91 Å². The first-order valence-electron chi connectivity index (χ1n) is 10.5. The zero-order valence-electron chi connectivity index (χ0n) is 18.0. The van der Waals surface area contributed by atoms with Crippen LogP contribution in [0.2, 0.25) is 0 Å². The molecular formula is C24H28N2O4S. The summed E-state index contributed by atoms with van der Waals surface area (Å²) in [6.07, 6.45) is 2.09. The molecule has 7 heteroatoms. The summed E-state index contributed by atoms with van der Waals surface area (Å²) in [7, 11) is 0. The highest BCUT2D eigenvalue weighted by Gasteiger charge is 2.23. The molecule has 2 amide bonds. The van der Waals surface area contributed by atoms with Gasteiger partial charge in [-0.05, 0) is 51.0 Å². The Morgan fingerprint density at radius 3 is 2.32 bits per heavy atom. The number of benzene rings is 2. The van der Waals surface area contributed by atoms with Gasteiger partial charge in [0.15, 0.2) is 6.61 Å². The van der Waals surface area contributed by atoms with E-state index in [1.807, 2.05) is 55.1 Å². The highest BCUT2D eigenvalue weighted by molar-refractivity contribution is 8.00. The van der Waals surface area contributed by atoms with Crippen LogP contribution in [0.4, 0.5) is 5.69 Å². The molecule has 164 valence electrons. The lowest BCUT2D eigenvalue weighted by molar-refractivity contribution is -0.127. The molecule has 1 aliphatic heterocycles. The molecule has 31 heavy (non-hydrogen) atoms. The number of carbonyl (C=O) groups is 3. The lowest BCUT2D eigenvalue weighted by Crippen LogP contribution is -2.39. The van der Waals surface area contributed by atoms with Gasteiger partial charge in [0, 0.05) is 29.7 Å². The molecule has 0 bridgehead atoms. The predicted molar refractivity (Wildman–Crippen MR) is 122 cm³/mol. The summed E-state index contributed by atoms with van der Waals surface area (Å²) in [4.78, 5) is 41.9. The van der Waals surface area contributed by atoms with E-state index < -0.39 is 5.97 Å². The van der Waals surface area contributed by atoms with Gasteiger partial charge < -0.3 is 14.5 Å². The summed E-state index contributed by atoms with van der Waals surface area (Å²) >= 11 is 1.33. The average Bonchev–Trinajstić information content (AvgIpc) is 3.32. The first kappa shape index (κ1) is 22.9. The Hall–Kier alpha value is -2.80. The Labute approximate surface area is 187 Å². The second-order valence-corrected chi connectivity index (χ2v) is 8.66. The monoisotopic (exact) mass is 440 g/mol. The zero-order chi connectivity index (χ0) is 22.2. The van der Waals surface area contributed by atoms with E-state index in [1.54, 1.807) is 23.1 Å². The number of esters is 1. The zero-order valence-corrected chi connectivity index (χ0v) is 18.8. The third-order valence-electron chi connectivity index (χ3n) is 5.06. The molecule has 0 aromatic heterocycles. The van der Waals surface area contributed by atoms with Crippen molar-refractivity contribution in [1.82, 2.24) is 4.90 Å². The fourth-order valence-electron chi connectivity index (χ4n) is 3.55. The smallest absolute Gasteiger partial charge is 0.339 e. The van der Waals surface area contributed by atoms with Crippen LogP contribution < -0.4 is 4.90 Å². The van der Waals surface area contributed by atoms with Gasteiger partial charge in [-0.15, -0.1) is 11.8 Å². The Bertz CT molecular complexity index is 911. The minimum atomic E-state index is -0.568. The second-order valence-electron chi connectivity index (χ2n) is 7.64. The fraction of sp³-hybridized carbons (Fsp3) is 0.375. The number of anilines is 1. The van der Waals surface area contributed by atoms with Gasteiger partial charge >= 0.3 is 5.97 Å². The van der Waals surface area contributed by atoms with Gasteiger partial charge in [-0.2, -0.15) is 0 Å². The fourth-order valence-corrected chi connectivity index (χ4v) is 4.49. The van der Waals surface area contributed by atoms with Gasteiger partial charge in [-0.3, -0.25) is 9.59 Å². The summed E-state index contributed by atoms with van der Waals surface area (Å²) in [5.41, 5.74) is 1.13. The molecule has 0 radical (unpaired) electrons. The molecule has 1 saturated heterocycles. The van der Waals surface area contributed by atoms with E-state index >= 15 is 0 Å². The molecule has 1 heterocycles. The van der Waals surface area contributed by atoms with E-state index in [0.29, 0.717) is 10.5 Å². The topological polar surface area (TPSA) is 66.9 Å². The van der Waals surface area contributed by atoms with Crippen molar-refractivity contribution in [3.8, 4) is 0 Å². The molecule has 0 saturated carbocycles. The van der Waals surface area contributed by atoms with Crippen LogP contribution in [0.5, 0.6) is 0 Å². The van der Waals surface area contributed by atoms with E-state index in [-0.39, 0.29) is 30.2 Å². The third kappa shape index (κ3) is 6.10. The van der Waals surface area contributed by atoms with E-state index in [1.165, 1.54) is 11.8 Å². The van der Waals surface area contributed by atoms with Crippen molar-refractivity contribution in [2.45, 2.75) is 37.6 Å². The standard InChI is InChI=1S/C24H28N2O4S/c1-18(2)26(19-10-4-3-5-11-19)22(27)16-30-24(29)20-12-6-7-13-21(20)31-17-23(28)25-14-8-9-15-25/h3-7,10-13,18H,8-9,14-17H2,1-2H3. The van der Waals surface area contributed by atoms with Crippen LogP contribution >= 0.6 is 11.8 Å². The van der Waals surface area contributed by atoms with Gasteiger partial charge in [0.05, 0.1) is 11.3 Å². The van der Waals surface area contributed by atoms with Crippen LogP contribution in [0.3, 0.4) is 0 Å². The van der Waals surface area contributed by atoms with Crippen LogP contribution in [0, 0.1) is 0 Å². The first-order chi connectivity index (χ1) is 15.0. The lowest BCUT2D eigenvalue weighted by atomic mass is 10.2. The minimum Gasteiger partial charge on any atom is -0.452 e. The Morgan fingerprint density at radius 1 is 1.00 bits per heavy atom. The van der Waals surface area contributed by atoms with Crippen molar-refractivity contribution in [1.29, 1.82) is 0 Å². The number of hydrogen-bond acceptors (Lipinski definition) is 5. The summed E-state index contributed by atoms with van der Waals surface area (Å²) in [5, 5.41) is 0. The molecule has 1 aliphatic rings. The number of amides is 2. The summed E-state index contributed by atoms with van der Waals surface area (Å²) in [6, 6.07) is 16.3. The third-order valence-corrected chi connectivity index (χ3v) is 6.12. The van der Waals surface area contributed by atoms with Crippen LogP contribution in [0.25, 0.3) is 0 Å². The SMILES string of the molecule is CC(C)N(C(=O)COC(=O)c1ccccc1SCC(=O)N1CCCC1)c1ccccc1. The number of thioether (sulfide) groups is 1. The van der Waals surface area contributed by atoms with Gasteiger partial charge in [-0.25, -0.2) is 4.79 Å². The van der Waals surface area contributed by atoms with Crippen LogP contribution in [-0.4, -0.2) is 54.2 Å². The highest BCUT2D eigenvalue weighted by atomic mass is 32.2. The summed E-state index contributed by atoms with van der Waals surface area (Å²) < 4.78 is 5.35.